The zero-order valence-electron chi connectivity index (χ0n) is 16.9. The Labute approximate surface area is 183 Å². The minimum atomic E-state index is 0.688. The first-order chi connectivity index (χ1) is 15.8. The molecule has 0 saturated heterocycles. The first-order valence-electron chi connectivity index (χ1n) is 10.2. The second-order valence-electron chi connectivity index (χ2n) is 7.66. The third-order valence-electron chi connectivity index (χ3n) is 6.12. The summed E-state index contributed by atoms with van der Waals surface area (Å²) in [6.07, 6.45) is 2.01. The molecule has 146 valence electrons. The van der Waals surface area contributed by atoms with Crippen molar-refractivity contribution >= 4 is 43.1 Å². The standard InChI is InChI=1S/C28H14N4/c1-30-32-27-21-14-8-6-12-19(21)25-23(27)15-22-18-11-5-7-13-20(18)28(31-16-29)26(22)24(25)17-9-3-2-4-10-17/h2-15H/b31-28?,32-27+. The Bertz CT molecular complexity index is 1880. The Balaban J connectivity index is 2.06. The summed E-state index contributed by atoms with van der Waals surface area (Å²) >= 11 is 0. The average Bonchev–Trinajstić information content (AvgIpc) is 3.32. The fourth-order valence-corrected chi connectivity index (χ4v) is 4.94. The van der Waals surface area contributed by atoms with Crippen molar-refractivity contribution in [1.82, 2.24) is 0 Å². The number of benzene rings is 4. The highest BCUT2D eigenvalue weighted by Gasteiger charge is 2.21. The van der Waals surface area contributed by atoms with Gasteiger partial charge < -0.3 is 0 Å². The van der Waals surface area contributed by atoms with Gasteiger partial charge in [-0.2, -0.15) is 16.8 Å². The molecule has 0 aliphatic heterocycles. The smallest absolute Gasteiger partial charge is 0.181 e. The van der Waals surface area contributed by atoms with E-state index in [1.807, 2.05) is 60.8 Å². The van der Waals surface area contributed by atoms with Crippen LogP contribution >= 0.6 is 0 Å². The van der Waals surface area contributed by atoms with Crippen LogP contribution in [0.4, 0.5) is 0 Å². The predicted molar refractivity (Wildman–Crippen MR) is 128 cm³/mol. The molecule has 6 rings (SSSR count). The van der Waals surface area contributed by atoms with Crippen LogP contribution in [-0.4, -0.2) is 0 Å². The van der Waals surface area contributed by atoms with Crippen molar-refractivity contribution in [2.24, 2.45) is 10.1 Å². The number of nitriles is 1. The zero-order chi connectivity index (χ0) is 21.7. The van der Waals surface area contributed by atoms with Crippen LogP contribution in [0.2, 0.25) is 0 Å². The van der Waals surface area contributed by atoms with Gasteiger partial charge in [-0.05, 0) is 27.8 Å². The number of nitrogens with zero attached hydrogens (tertiary/aromatic N) is 4. The van der Waals surface area contributed by atoms with Crippen molar-refractivity contribution in [1.29, 1.82) is 5.26 Å². The van der Waals surface area contributed by atoms with Gasteiger partial charge in [-0.15, -0.1) is 4.95 Å². The minimum Gasteiger partial charge on any atom is -0.181 e. The summed E-state index contributed by atoms with van der Waals surface area (Å²) in [5.74, 6) is 0. The number of hydrogen-bond donors (Lipinski definition) is 0. The fraction of sp³-hybridized carbons (Fsp3) is 0. The van der Waals surface area contributed by atoms with Gasteiger partial charge in [0.15, 0.2) is 5.36 Å². The molecule has 0 unspecified atom stereocenters. The Morgan fingerprint density at radius 1 is 0.656 bits per heavy atom. The first-order valence-corrected chi connectivity index (χ1v) is 10.2. The Kier molecular flexibility index (Phi) is 3.87. The molecule has 0 amide bonds. The second-order valence-corrected chi connectivity index (χ2v) is 7.66. The largest absolute Gasteiger partial charge is 0.206 e. The van der Waals surface area contributed by atoms with Crippen LogP contribution in [-0.2, 0) is 0 Å². The van der Waals surface area contributed by atoms with E-state index in [-0.39, 0.29) is 0 Å². The van der Waals surface area contributed by atoms with E-state index in [1.165, 1.54) is 0 Å². The monoisotopic (exact) mass is 406 g/mol. The topological polar surface area (TPSA) is 52.9 Å². The molecule has 0 saturated carbocycles. The highest BCUT2D eigenvalue weighted by Crippen LogP contribution is 2.41. The molecule has 0 fully saturated rings. The maximum atomic E-state index is 9.51. The lowest BCUT2D eigenvalue weighted by Crippen LogP contribution is -2.01. The first kappa shape index (κ1) is 18.0. The normalized spacial score (nSPS) is 12.7. The van der Waals surface area contributed by atoms with Crippen LogP contribution < -0.4 is 10.7 Å². The van der Waals surface area contributed by atoms with E-state index >= 15 is 0 Å². The van der Waals surface area contributed by atoms with Crippen LogP contribution in [0.1, 0.15) is 0 Å². The van der Waals surface area contributed by atoms with E-state index < -0.39 is 0 Å². The summed E-state index contributed by atoms with van der Waals surface area (Å²) in [5, 5.41) is 23.0. The molecule has 0 radical (unpaired) electrons. The lowest BCUT2D eigenvalue weighted by Gasteiger charge is -2.08. The molecule has 4 nitrogen and oxygen atoms in total. The predicted octanol–water partition coefficient (Wildman–Crippen LogP) is 5.96. The lowest BCUT2D eigenvalue weighted by molar-refractivity contribution is 1.37. The van der Waals surface area contributed by atoms with Crippen LogP contribution in [0.25, 0.3) is 59.2 Å². The summed E-state index contributed by atoms with van der Waals surface area (Å²) in [6.45, 7) is 7.41. The molecule has 0 atom stereocenters. The van der Waals surface area contributed by atoms with Gasteiger partial charge in [0.2, 0.25) is 6.19 Å². The number of hydrogen-bond acceptors (Lipinski definition) is 3. The molecular weight excluding hydrogens is 392 g/mol. The molecule has 0 aromatic heterocycles. The van der Waals surface area contributed by atoms with Crippen LogP contribution in [0, 0.1) is 18.0 Å². The number of rotatable bonds is 1. The Hall–Kier alpha value is -4.80. The minimum absolute atomic E-state index is 0.688. The molecule has 0 spiro atoms. The summed E-state index contributed by atoms with van der Waals surface area (Å²) in [6, 6.07) is 28.4. The summed E-state index contributed by atoms with van der Waals surface area (Å²) < 4.78 is 0. The van der Waals surface area contributed by atoms with Crippen molar-refractivity contribution < 1.29 is 0 Å². The van der Waals surface area contributed by atoms with Crippen molar-refractivity contribution in [2.45, 2.75) is 0 Å². The van der Waals surface area contributed by atoms with E-state index in [9.17, 15) is 5.26 Å². The van der Waals surface area contributed by atoms with Gasteiger partial charge in [0.1, 0.15) is 0 Å². The second kappa shape index (κ2) is 6.87. The summed E-state index contributed by atoms with van der Waals surface area (Å²) in [7, 11) is 0. The van der Waals surface area contributed by atoms with Gasteiger partial charge in [-0.25, -0.2) is 0 Å². The van der Waals surface area contributed by atoms with E-state index in [1.54, 1.807) is 0 Å². The van der Waals surface area contributed by atoms with E-state index in [4.69, 9.17) is 6.57 Å². The summed E-state index contributed by atoms with van der Waals surface area (Å²) in [5.41, 5.74) is 2.06. The number of fused-ring (bicyclic) bond motifs is 6. The van der Waals surface area contributed by atoms with Crippen LogP contribution in [0.15, 0.2) is 95.0 Å². The third-order valence-corrected chi connectivity index (χ3v) is 6.12. The third kappa shape index (κ3) is 2.35. The highest BCUT2D eigenvalue weighted by molar-refractivity contribution is 6.28. The zero-order valence-corrected chi connectivity index (χ0v) is 16.9. The molecule has 0 aliphatic rings. The molecule has 32 heavy (non-hydrogen) atoms. The van der Waals surface area contributed by atoms with E-state index in [0.29, 0.717) is 10.7 Å². The quantitative estimate of drug-likeness (QED) is 0.189. The van der Waals surface area contributed by atoms with Crippen molar-refractivity contribution in [3.63, 3.8) is 0 Å². The molecule has 4 heteroatoms. The maximum Gasteiger partial charge on any atom is 0.206 e. The van der Waals surface area contributed by atoms with Gasteiger partial charge in [0, 0.05) is 32.5 Å². The molecular formula is C28H14N4. The van der Waals surface area contributed by atoms with Crippen molar-refractivity contribution in [2.75, 3.05) is 0 Å². The van der Waals surface area contributed by atoms with Crippen molar-refractivity contribution in [3.05, 3.63) is 107 Å². The van der Waals surface area contributed by atoms with E-state index in [2.05, 4.69) is 45.4 Å². The molecule has 0 heterocycles. The highest BCUT2D eigenvalue weighted by atomic mass is 15.2. The van der Waals surface area contributed by atoms with Gasteiger partial charge in [-0.3, -0.25) is 0 Å². The van der Waals surface area contributed by atoms with E-state index in [0.717, 1.165) is 54.2 Å². The van der Waals surface area contributed by atoms with Gasteiger partial charge in [0.05, 0.1) is 10.5 Å². The fourth-order valence-electron chi connectivity index (χ4n) is 4.94. The van der Waals surface area contributed by atoms with Gasteiger partial charge >= 0.3 is 0 Å². The molecule has 6 aromatic carbocycles. The maximum absolute atomic E-state index is 9.51. The Morgan fingerprint density at radius 3 is 1.97 bits per heavy atom. The molecule has 0 N–H and O–H groups in total. The van der Waals surface area contributed by atoms with Crippen molar-refractivity contribution in [3.8, 4) is 17.3 Å². The van der Waals surface area contributed by atoms with Crippen LogP contribution in [0.5, 0.6) is 0 Å². The molecule has 0 bridgehead atoms. The SMILES string of the molecule is [C-]#[N+]/N=c1\c2ccccc2c2c(-c3ccccc3)c3c(=NC#N)c4ccccc4c3cc12. The summed E-state index contributed by atoms with van der Waals surface area (Å²) in [4.78, 5) is 7.64. The lowest BCUT2D eigenvalue weighted by atomic mass is 9.94. The van der Waals surface area contributed by atoms with Gasteiger partial charge in [-0.1, -0.05) is 78.9 Å². The average molecular weight is 406 g/mol. The molecule has 6 aromatic rings. The van der Waals surface area contributed by atoms with Crippen LogP contribution in [0.3, 0.4) is 0 Å². The Morgan fingerprint density at radius 2 is 1.28 bits per heavy atom. The molecule has 0 aliphatic carbocycles. The van der Waals surface area contributed by atoms with Gasteiger partial charge in [0.25, 0.3) is 0 Å².